The molecule has 4 heterocycles. The molecule has 0 amide bonds. The first-order valence-corrected chi connectivity index (χ1v) is 14.7. The van der Waals surface area contributed by atoms with E-state index in [2.05, 4.69) is 72.4 Å². The maximum atomic E-state index is 6.20. The number of benzene rings is 4. The van der Waals surface area contributed by atoms with Crippen LogP contribution in [-0.4, -0.2) is 50.1 Å². The van der Waals surface area contributed by atoms with Crippen molar-refractivity contribution < 1.29 is 9.47 Å². The Morgan fingerprint density at radius 2 is 0.850 bits per heavy atom. The number of likely N-dealkylation sites (tertiary alicyclic amines) is 2. The molecule has 4 aromatic carbocycles. The fraction of sp³-hybridized carbons (Fsp3) is 0.294. The predicted molar refractivity (Wildman–Crippen MR) is 162 cm³/mol. The molecule has 4 aliphatic heterocycles. The predicted octanol–water partition coefficient (Wildman–Crippen LogP) is 8.52. The highest BCUT2D eigenvalue weighted by molar-refractivity contribution is 6.31. The van der Waals surface area contributed by atoms with E-state index in [1.165, 1.54) is 22.3 Å². The molecule has 0 N–H and O–H groups in total. The first kappa shape index (κ1) is 25.9. The van der Waals surface area contributed by atoms with E-state index in [1.807, 2.05) is 36.4 Å². The van der Waals surface area contributed by atoms with Crippen molar-refractivity contribution in [1.82, 2.24) is 9.80 Å². The standard InChI is InChI=1S/2C17H16ClNO/c2*1-19-9-14-12-4-2-3-5-16(12)20-17-7-6-11(18)8-13(17)15(14)10-19/h2*2-8,14-15H,9-10H2,1H3/t2*14-,15-/m10/s1. The van der Waals surface area contributed by atoms with Crippen molar-refractivity contribution in [2.45, 2.75) is 23.7 Å². The summed E-state index contributed by atoms with van der Waals surface area (Å²) in [6.45, 7) is 4.24. The van der Waals surface area contributed by atoms with Gasteiger partial charge in [0.2, 0.25) is 0 Å². The fourth-order valence-electron chi connectivity index (χ4n) is 7.06. The summed E-state index contributed by atoms with van der Waals surface area (Å²) in [5.74, 6) is 5.74. The minimum atomic E-state index is 0.456. The minimum absolute atomic E-state index is 0.456. The molecule has 0 aliphatic carbocycles. The van der Waals surface area contributed by atoms with E-state index in [1.54, 1.807) is 0 Å². The monoisotopic (exact) mass is 570 g/mol. The lowest BCUT2D eigenvalue weighted by Gasteiger charge is -2.17. The van der Waals surface area contributed by atoms with E-state index in [-0.39, 0.29) is 0 Å². The maximum absolute atomic E-state index is 6.20. The molecule has 4 nitrogen and oxygen atoms in total. The van der Waals surface area contributed by atoms with Crippen LogP contribution in [0.5, 0.6) is 23.0 Å². The molecule has 2 saturated heterocycles. The Morgan fingerprint density at radius 3 is 1.27 bits per heavy atom. The topological polar surface area (TPSA) is 24.9 Å². The zero-order chi connectivity index (χ0) is 27.4. The molecular formula is C34H32Cl2N2O2. The molecule has 4 atom stereocenters. The Kier molecular flexibility index (Phi) is 6.76. The summed E-state index contributed by atoms with van der Waals surface area (Å²) in [5.41, 5.74) is 5.11. The number of rotatable bonds is 0. The van der Waals surface area contributed by atoms with Gasteiger partial charge in [0.1, 0.15) is 23.0 Å². The van der Waals surface area contributed by atoms with Gasteiger partial charge in [0.05, 0.1) is 0 Å². The molecular weight excluding hydrogens is 539 g/mol. The number of hydrogen-bond donors (Lipinski definition) is 0. The second-order valence-corrected chi connectivity index (χ2v) is 12.4. The maximum Gasteiger partial charge on any atom is 0.131 e. The summed E-state index contributed by atoms with van der Waals surface area (Å²) in [6.07, 6.45) is 0. The number of likely N-dealkylation sites (N-methyl/N-ethyl adjacent to an activating group) is 2. The molecule has 0 spiro atoms. The van der Waals surface area contributed by atoms with Gasteiger partial charge < -0.3 is 19.3 Å². The molecule has 0 unspecified atom stereocenters. The lowest BCUT2D eigenvalue weighted by molar-refractivity contribution is 0.401. The van der Waals surface area contributed by atoms with Crippen LogP contribution in [0, 0.1) is 0 Å². The molecule has 2 fully saturated rings. The SMILES string of the molecule is CN1C[C@@H]2c3ccccc3Oc3ccc(Cl)cc3[C@H]2C1.CN1C[C@H]2c3ccccc3Oc3ccc(Cl)cc3[C@@H]2C1. The van der Waals surface area contributed by atoms with E-state index in [4.69, 9.17) is 32.7 Å². The number of ether oxygens (including phenoxy) is 2. The Hall–Kier alpha value is -3.02. The third-order valence-corrected chi connectivity index (χ3v) is 9.29. The highest BCUT2D eigenvalue weighted by atomic mass is 35.5. The van der Waals surface area contributed by atoms with Crippen LogP contribution in [0.15, 0.2) is 84.9 Å². The minimum Gasteiger partial charge on any atom is -0.457 e. The van der Waals surface area contributed by atoms with Crippen LogP contribution in [0.2, 0.25) is 10.0 Å². The molecule has 4 aliphatic rings. The molecule has 8 rings (SSSR count). The van der Waals surface area contributed by atoms with Crippen molar-refractivity contribution in [2.24, 2.45) is 0 Å². The van der Waals surface area contributed by atoms with Gasteiger partial charge in [0.15, 0.2) is 0 Å². The van der Waals surface area contributed by atoms with E-state index < -0.39 is 0 Å². The smallest absolute Gasteiger partial charge is 0.131 e. The number of halogens is 2. The van der Waals surface area contributed by atoms with E-state index >= 15 is 0 Å². The molecule has 0 aromatic heterocycles. The third-order valence-electron chi connectivity index (χ3n) is 8.82. The average molecular weight is 572 g/mol. The number of nitrogens with zero attached hydrogens (tertiary/aromatic N) is 2. The van der Waals surface area contributed by atoms with E-state index in [0.29, 0.717) is 23.7 Å². The normalized spacial score (nSPS) is 24.3. The summed E-state index contributed by atoms with van der Waals surface area (Å²) < 4.78 is 12.3. The molecule has 0 radical (unpaired) electrons. The summed E-state index contributed by atoms with van der Waals surface area (Å²) >= 11 is 12.4. The van der Waals surface area contributed by atoms with Gasteiger partial charge in [-0.3, -0.25) is 0 Å². The van der Waals surface area contributed by atoms with Crippen LogP contribution in [0.25, 0.3) is 0 Å². The van der Waals surface area contributed by atoms with Gasteiger partial charge in [-0.25, -0.2) is 0 Å². The summed E-state index contributed by atoms with van der Waals surface area (Å²) in [7, 11) is 4.37. The van der Waals surface area contributed by atoms with Crippen LogP contribution >= 0.6 is 23.2 Å². The van der Waals surface area contributed by atoms with Crippen molar-refractivity contribution in [1.29, 1.82) is 0 Å². The first-order chi connectivity index (χ1) is 19.4. The number of fused-ring (bicyclic) bond motifs is 10. The molecule has 40 heavy (non-hydrogen) atoms. The average Bonchev–Trinajstić information content (AvgIpc) is 3.47. The van der Waals surface area contributed by atoms with Crippen molar-refractivity contribution in [2.75, 3.05) is 40.3 Å². The molecule has 4 aromatic rings. The first-order valence-electron chi connectivity index (χ1n) is 13.9. The van der Waals surface area contributed by atoms with Gasteiger partial charge in [-0.1, -0.05) is 59.6 Å². The van der Waals surface area contributed by atoms with Gasteiger partial charge in [-0.15, -0.1) is 0 Å². The van der Waals surface area contributed by atoms with Crippen molar-refractivity contribution in [3.8, 4) is 23.0 Å². The van der Waals surface area contributed by atoms with Crippen molar-refractivity contribution >= 4 is 23.2 Å². The Morgan fingerprint density at radius 1 is 0.500 bits per heavy atom. The number of hydrogen-bond acceptors (Lipinski definition) is 4. The lowest BCUT2D eigenvalue weighted by atomic mass is 9.84. The van der Waals surface area contributed by atoms with Gasteiger partial charge in [-0.2, -0.15) is 0 Å². The third kappa shape index (κ3) is 4.67. The zero-order valence-corrected chi connectivity index (χ0v) is 24.2. The van der Waals surface area contributed by atoms with Crippen molar-refractivity contribution in [3.63, 3.8) is 0 Å². The summed E-state index contributed by atoms with van der Waals surface area (Å²) in [5, 5.41) is 1.57. The van der Waals surface area contributed by atoms with Crippen LogP contribution < -0.4 is 9.47 Å². The molecule has 0 saturated carbocycles. The zero-order valence-electron chi connectivity index (χ0n) is 22.7. The Bertz CT molecular complexity index is 1460. The largest absolute Gasteiger partial charge is 0.457 e. The lowest BCUT2D eigenvalue weighted by Crippen LogP contribution is -2.14. The Balaban J connectivity index is 0.000000132. The molecule has 0 bridgehead atoms. The van der Waals surface area contributed by atoms with Crippen molar-refractivity contribution in [3.05, 3.63) is 117 Å². The highest BCUT2D eigenvalue weighted by Gasteiger charge is 2.39. The highest BCUT2D eigenvalue weighted by Crippen LogP contribution is 2.51. The van der Waals surface area contributed by atoms with Crippen LogP contribution in [0.3, 0.4) is 0 Å². The van der Waals surface area contributed by atoms with Gasteiger partial charge >= 0.3 is 0 Å². The summed E-state index contributed by atoms with van der Waals surface area (Å²) in [4.78, 5) is 4.78. The van der Waals surface area contributed by atoms with E-state index in [9.17, 15) is 0 Å². The second-order valence-electron chi connectivity index (χ2n) is 11.5. The molecule has 6 heteroatoms. The van der Waals surface area contributed by atoms with Gasteiger partial charge in [0, 0.05) is 71.0 Å². The molecule has 204 valence electrons. The quantitative estimate of drug-likeness (QED) is 0.211. The number of para-hydroxylation sites is 2. The second kappa shape index (κ2) is 10.4. The van der Waals surface area contributed by atoms with Gasteiger partial charge in [-0.05, 0) is 73.8 Å². The van der Waals surface area contributed by atoms with Crippen LogP contribution in [-0.2, 0) is 0 Å². The van der Waals surface area contributed by atoms with E-state index in [0.717, 1.165) is 59.2 Å². The summed E-state index contributed by atoms with van der Waals surface area (Å²) in [6, 6.07) is 28.7. The van der Waals surface area contributed by atoms with Crippen LogP contribution in [0.4, 0.5) is 0 Å². The fourth-order valence-corrected chi connectivity index (χ4v) is 7.42. The Labute approximate surface area is 246 Å². The van der Waals surface area contributed by atoms with Crippen LogP contribution in [0.1, 0.15) is 45.9 Å². The van der Waals surface area contributed by atoms with Gasteiger partial charge in [0.25, 0.3) is 0 Å².